The highest BCUT2D eigenvalue weighted by Crippen LogP contribution is 2.23. The zero-order chi connectivity index (χ0) is 25.2. The molecule has 0 saturated carbocycles. The summed E-state index contributed by atoms with van der Waals surface area (Å²) in [6, 6.07) is 18.3. The maximum absolute atomic E-state index is 12.2. The van der Waals surface area contributed by atoms with Crippen LogP contribution in [0.15, 0.2) is 71.8 Å². The first-order valence-corrected chi connectivity index (χ1v) is 11.4. The molecule has 8 nitrogen and oxygen atoms in total. The molecule has 36 heavy (non-hydrogen) atoms. The molecule has 5 N–H and O–H groups in total. The van der Waals surface area contributed by atoms with Gasteiger partial charge >= 0.3 is 0 Å². The van der Waals surface area contributed by atoms with E-state index >= 15 is 0 Å². The van der Waals surface area contributed by atoms with Crippen molar-refractivity contribution in [2.24, 2.45) is 5.10 Å². The Morgan fingerprint density at radius 2 is 1.92 bits per heavy atom. The molecule has 194 valence electrons. The second kappa shape index (κ2) is 14.2. The summed E-state index contributed by atoms with van der Waals surface area (Å²) in [4.78, 5) is 12.2. The van der Waals surface area contributed by atoms with Gasteiger partial charge in [0.1, 0.15) is 18.1 Å². The van der Waals surface area contributed by atoms with Crippen LogP contribution in [-0.4, -0.2) is 53.2 Å². The highest BCUT2D eigenvalue weighted by atomic mass is 35.5. The van der Waals surface area contributed by atoms with Gasteiger partial charge in [-0.2, -0.15) is 5.10 Å². The molecular weight excluding hydrogens is 482 g/mol. The first-order chi connectivity index (χ1) is 16.9. The molecule has 2 atom stereocenters. The van der Waals surface area contributed by atoms with Gasteiger partial charge in [-0.05, 0) is 60.0 Å². The fraction of sp³-hybridized carbons (Fsp3) is 0.259. The van der Waals surface area contributed by atoms with Gasteiger partial charge in [0, 0.05) is 13.5 Å². The summed E-state index contributed by atoms with van der Waals surface area (Å²) in [7, 11) is 0. The van der Waals surface area contributed by atoms with Gasteiger partial charge in [0.05, 0.1) is 30.0 Å². The maximum atomic E-state index is 12.2. The van der Waals surface area contributed by atoms with E-state index in [2.05, 4.69) is 15.8 Å². The van der Waals surface area contributed by atoms with Gasteiger partial charge in [-0.3, -0.25) is 4.79 Å². The van der Waals surface area contributed by atoms with E-state index in [1.807, 2.05) is 49.4 Å². The lowest BCUT2D eigenvalue weighted by molar-refractivity contribution is 0.0878. The fourth-order valence-corrected chi connectivity index (χ4v) is 3.51. The van der Waals surface area contributed by atoms with Crippen LogP contribution in [0.25, 0.3) is 0 Å². The van der Waals surface area contributed by atoms with E-state index in [0.29, 0.717) is 18.9 Å². The lowest BCUT2D eigenvalue weighted by Gasteiger charge is -2.22. The molecule has 0 aliphatic heterocycles. The molecule has 1 amide bonds. The molecular formula is C27H34ClN3O5. The summed E-state index contributed by atoms with van der Waals surface area (Å²) in [5.41, 5.74) is 5.13. The zero-order valence-corrected chi connectivity index (χ0v) is 19.9. The highest BCUT2D eigenvalue weighted by molar-refractivity contribution is 6.32. The van der Waals surface area contributed by atoms with Crippen LogP contribution in [-0.2, 0) is 0 Å². The number of nitrogens with one attached hydrogen (secondary N) is 2. The first-order valence-electron chi connectivity index (χ1n) is 11.0. The number of carbonyl (C=O) groups is 1. The van der Waals surface area contributed by atoms with Crippen molar-refractivity contribution in [3.05, 3.63) is 94.0 Å². The predicted octanol–water partition coefficient (Wildman–Crippen LogP) is 4.06. The van der Waals surface area contributed by atoms with E-state index in [-0.39, 0.29) is 31.8 Å². The molecule has 9 heteroatoms. The Balaban J connectivity index is 0.00000342. The largest absolute Gasteiger partial charge is 0.506 e. The molecule has 0 radical (unpaired) electrons. The predicted molar refractivity (Wildman–Crippen MR) is 144 cm³/mol. The van der Waals surface area contributed by atoms with Crippen molar-refractivity contribution in [2.75, 3.05) is 19.8 Å². The molecule has 2 unspecified atom stereocenters. The SMILES string of the molecule is C.Cc1cc(OCCNC(CO)C(O)c2ccccc2)ccc1/C=N/NC(=O)c1ccc(O)c(Cl)c1.[HH]. The summed E-state index contributed by atoms with van der Waals surface area (Å²) in [5, 5.41) is 36.7. The monoisotopic (exact) mass is 515 g/mol. The average Bonchev–Trinajstić information content (AvgIpc) is 2.87. The minimum Gasteiger partial charge on any atom is -0.506 e. The van der Waals surface area contributed by atoms with Gasteiger partial charge in [0.25, 0.3) is 5.91 Å². The third-order valence-electron chi connectivity index (χ3n) is 5.32. The Morgan fingerprint density at radius 1 is 1.17 bits per heavy atom. The van der Waals surface area contributed by atoms with Crippen LogP contribution in [0.2, 0.25) is 5.02 Å². The van der Waals surface area contributed by atoms with Crippen LogP contribution in [0.4, 0.5) is 0 Å². The highest BCUT2D eigenvalue weighted by Gasteiger charge is 2.19. The van der Waals surface area contributed by atoms with Crippen LogP contribution in [0.3, 0.4) is 0 Å². The number of nitrogens with zero attached hydrogens (tertiary/aromatic N) is 1. The van der Waals surface area contributed by atoms with Gasteiger partial charge < -0.3 is 25.4 Å². The number of phenols is 1. The van der Waals surface area contributed by atoms with Crippen molar-refractivity contribution in [1.82, 2.24) is 10.7 Å². The quantitative estimate of drug-likeness (QED) is 0.149. The first kappa shape index (κ1) is 28.8. The minimum atomic E-state index is -0.825. The Labute approximate surface area is 217 Å². The van der Waals surface area contributed by atoms with Gasteiger partial charge in [0.2, 0.25) is 0 Å². The molecule has 0 fully saturated rings. The topological polar surface area (TPSA) is 123 Å². The smallest absolute Gasteiger partial charge is 0.271 e. The van der Waals surface area contributed by atoms with Crippen molar-refractivity contribution >= 4 is 23.7 Å². The Bertz CT molecular complexity index is 1160. The standard InChI is InChI=1S/C26H28ClN3O5.CH4.H2/c1-17-13-21(35-12-11-28-23(16-31)25(33)18-5-3-2-4-6-18)9-7-20(17)15-29-30-26(34)19-8-10-24(32)22(27)14-19;;/h2-10,13-15,23,25,28,31-33H,11-12,16H2,1H3,(H,30,34);1H4;1H/b29-15+;;. The van der Waals surface area contributed by atoms with Gasteiger partial charge in [-0.15, -0.1) is 0 Å². The number of halogens is 1. The van der Waals surface area contributed by atoms with Crippen molar-refractivity contribution in [3.8, 4) is 11.5 Å². The number of hydrazone groups is 1. The molecule has 0 saturated heterocycles. The Hall–Kier alpha value is -3.43. The van der Waals surface area contributed by atoms with Gasteiger partial charge in [0.15, 0.2) is 0 Å². The number of hydrogen-bond acceptors (Lipinski definition) is 7. The number of aryl methyl sites for hydroxylation is 1. The number of carbonyl (C=O) groups excluding carboxylic acids is 1. The molecule has 0 spiro atoms. The molecule has 0 aliphatic rings. The summed E-state index contributed by atoms with van der Waals surface area (Å²) in [6.07, 6.45) is 0.700. The Morgan fingerprint density at radius 3 is 2.58 bits per heavy atom. The number of hydrogen-bond donors (Lipinski definition) is 5. The number of aliphatic hydroxyl groups is 2. The van der Waals surface area contributed by atoms with Crippen LogP contribution < -0.4 is 15.5 Å². The van der Waals surface area contributed by atoms with Crippen LogP contribution >= 0.6 is 11.6 Å². The summed E-state index contributed by atoms with van der Waals surface area (Å²) >= 11 is 5.82. The zero-order valence-electron chi connectivity index (χ0n) is 19.2. The summed E-state index contributed by atoms with van der Waals surface area (Å²) in [6.45, 7) is 2.46. The minimum absolute atomic E-state index is 0. The average molecular weight is 516 g/mol. The van der Waals surface area contributed by atoms with Crippen LogP contribution in [0, 0.1) is 6.92 Å². The number of rotatable bonds is 11. The number of ether oxygens (including phenoxy) is 1. The number of aliphatic hydroxyl groups excluding tert-OH is 2. The van der Waals surface area contributed by atoms with Crippen molar-refractivity contribution in [2.45, 2.75) is 26.5 Å². The summed E-state index contributed by atoms with van der Waals surface area (Å²) in [5.74, 6) is 0.110. The molecule has 3 aromatic carbocycles. The van der Waals surface area contributed by atoms with E-state index in [4.69, 9.17) is 16.3 Å². The van der Waals surface area contributed by atoms with Crippen LogP contribution in [0.1, 0.15) is 42.0 Å². The summed E-state index contributed by atoms with van der Waals surface area (Å²) < 4.78 is 5.77. The normalized spacial score (nSPS) is 12.6. The van der Waals surface area contributed by atoms with Crippen molar-refractivity contribution < 1.29 is 26.3 Å². The van der Waals surface area contributed by atoms with E-state index in [1.54, 1.807) is 6.07 Å². The van der Waals surface area contributed by atoms with Gasteiger partial charge in [-0.1, -0.05) is 49.4 Å². The molecule has 3 rings (SSSR count). The second-order valence-corrected chi connectivity index (χ2v) is 8.24. The second-order valence-electron chi connectivity index (χ2n) is 7.83. The Kier molecular flexibility index (Phi) is 11.4. The molecule has 0 heterocycles. The number of phenolic OH excluding ortho intramolecular Hbond substituents is 1. The number of amides is 1. The molecule has 0 aliphatic carbocycles. The van der Waals surface area contributed by atoms with E-state index in [0.717, 1.165) is 16.7 Å². The van der Waals surface area contributed by atoms with E-state index in [9.17, 15) is 20.1 Å². The lowest BCUT2D eigenvalue weighted by Crippen LogP contribution is -2.40. The number of aromatic hydroxyl groups is 1. The van der Waals surface area contributed by atoms with E-state index in [1.165, 1.54) is 24.4 Å². The van der Waals surface area contributed by atoms with Gasteiger partial charge in [-0.25, -0.2) is 5.43 Å². The maximum Gasteiger partial charge on any atom is 0.271 e. The number of benzene rings is 3. The molecule has 0 bridgehead atoms. The van der Waals surface area contributed by atoms with E-state index < -0.39 is 18.1 Å². The lowest BCUT2D eigenvalue weighted by atomic mass is 10.0. The molecule has 0 aromatic heterocycles. The third-order valence-corrected chi connectivity index (χ3v) is 5.62. The fourth-order valence-electron chi connectivity index (χ4n) is 3.33. The molecule has 3 aromatic rings. The van der Waals surface area contributed by atoms with Crippen molar-refractivity contribution in [1.29, 1.82) is 0 Å². The third kappa shape index (κ3) is 8.07. The van der Waals surface area contributed by atoms with Crippen molar-refractivity contribution in [3.63, 3.8) is 0 Å². The van der Waals surface area contributed by atoms with Crippen LogP contribution in [0.5, 0.6) is 11.5 Å².